The predicted molar refractivity (Wildman–Crippen MR) is 76.0 cm³/mol. The van der Waals surface area contributed by atoms with Crippen LogP contribution in [0, 0.1) is 5.92 Å². The number of aliphatic hydroxyl groups excluding tert-OH is 1. The van der Waals surface area contributed by atoms with Crippen molar-refractivity contribution >= 4 is 11.6 Å². The molecule has 1 fully saturated rings. The third-order valence-electron chi connectivity index (χ3n) is 3.76. The van der Waals surface area contributed by atoms with E-state index in [1.54, 1.807) is 6.92 Å². The average molecular weight is 262 g/mol. The number of carbonyl (C=O) groups excluding carboxylic acids is 1. The fourth-order valence-electron chi connectivity index (χ4n) is 2.62. The first-order valence-corrected chi connectivity index (χ1v) is 6.89. The Labute approximate surface area is 114 Å². The molecule has 0 atom stereocenters. The summed E-state index contributed by atoms with van der Waals surface area (Å²) in [6.07, 6.45) is 2.17. The van der Waals surface area contributed by atoms with Crippen LogP contribution in [0.4, 0.5) is 5.69 Å². The molecule has 2 rings (SSSR count). The van der Waals surface area contributed by atoms with Gasteiger partial charge in [0.15, 0.2) is 0 Å². The number of amides is 1. The molecular formula is C15H22N2O2. The lowest BCUT2D eigenvalue weighted by Crippen LogP contribution is -2.38. The minimum Gasteiger partial charge on any atom is -0.392 e. The molecule has 1 saturated heterocycles. The molecule has 0 saturated carbocycles. The van der Waals surface area contributed by atoms with E-state index in [-0.39, 0.29) is 12.5 Å². The van der Waals surface area contributed by atoms with Crippen LogP contribution in [0.2, 0.25) is 0 Å². The monoisotopic (exact) mass is 262 g/mol. The van der Waals surface area contributed by atoms with Crippen LogP contribution in [0.15, 0.2) is 24.3 Å². The van der Waals surface area contributed by atoms with Crippen molar-refractivity contribution in [2.75, 3.05) is 24.5 Å². The van der Waals surface area contributed by atoms with Crippen molar-refractivity contribution in [3.05, 3.63) is 29.8 Å². The lowest BCUT2D eigenvalue weighted by atomic mass is 9.96. The van der Waals surface area contributed by atoms with Crippen LogP contribution in [0.5, 0.6) is 0 Å². The van der Waals surface area contributed by atoms with E-state index in [1.807, 2.05) is 18.2 Å². The normalized spacial score (nSPS) is 16.4. The van der Waals surface area contributed by atoms with Crippen molar-refractivity contribution in [2.45, 2.75) is 26.4 Å². The number of hydrogen-bond acceptors (Lipinski definition) is 3. The number of hydrogen-bond donors (Lipinski definition) is 2. The molecule has 104 valence electrons. The van der Waals surface area contributed by atoms with Gasteiger partial charge >= 0.3 is 0 Å². The second kappa shape index (κ2) is 6.57. The molecule has 0 spiro atoms. The number of piperidine rings is 1. The maximum Gasteiger partial charge on any atom is 0.216 e. The van der Waals surface area contributed by atoms with Gasteiger partial charge in [-0.3, -0.25) is 4.79 Å². The fourth-order valence-corrected chi connectivity index (χ4v) is 2.62. The molecule has 0 bridgehead atoms. The van der Waals surface area contributed by atoms with Gasteiger partial charge in [0.25, 0.3) is 0 Å². The third kappa shape index (κ3) is 3.70. The summed E-state index contributed by atoms with van der Waals surface area (Å²) in [5, 5.41) is 12.3. The number of benzene rings is 1. The van der Waals surface area contributed by atoms with Crippen molar-refractivity contribution in [3.8, 4) is 0 Å². The van der Waals surface area contributed by atoms with Gasteiger partial charge in [0.1, 0.15) is 0 Å². The van der Waals surface area contributed by atoms with Crippen LogP contribution >= 0.6 is 0 Å². The summed E-state index contributed by atoms with van der Waals surface area (Å²) in [6.45, 7) is 4.40. The van der Waals surface area contributed by atoms with Crippen molar-refractivity contribution in [1.29, 1.82) is 0 Å². The van der Waals surface area contributed by atoms with Gasteiger partial charge in [0.2, 0.25) is 5.91 Å². The Morgan fingerprint density at radius 3 is 2.68 bits per heavy atom. The summed E-state index contributed by atoms with van der Waals surface area (Å²) in [5.41, 5.74) is 2.13. The predicted octanol–water partition coefficient (Wildman–Crippen LogP) is 1.53. The number of anilines is 1. The van der Waals surface area contributed by atoms with Crippen molar-refractivity contribution in [1.82, 2.24) is 5.32 Å². The zero-order valence-corrected chi connectivity index (χ0v) is 11.4. The van der Waals surface area contributed by atoms with Gasteiger partial charge in [-0.25, -0.2) is 0 Å². The SMILES string of the molecule is CC(=O)NCC1CCN(c2ccccc2CO)CC1. The summed E-state index contributed by atoms with van der Waals surface area (Å²) < 4.78 is 0. The van der Waals surface area contributed by atoms with Gasteiger partial charge in [0.05, 0.1) is 6.61 Å². The quantitative estimate of drug-likeness (QED) is 0.865. The van der Waals surface area contributed by atoms with E-state index in [9.17, 15) is 9.90 Å². The largest absolute Gasteiger partial charge is 0.392 e. The van der Waals surface area contributed by atoms with Gasteiger partial charge < -0.3 is 15.3 Å². The second-order valence-electron chi connectivity index (χ2n) is 5.15. The van der Waals surface area contributed by atoms with Crippen LogP contribution in [-0.4, -0.2) is 30.6 Å². The number of nitrogens with one attached hydrogen (secondary N) is 1. The van der Waals surface area contributed by atoms with Crippen LogP contribution < -0.4 is 10.2 Å². The second-order valence-corrected chi connectivity index (χ2v) is 5.15. The molecule has 0 aliphatic carbocycles. The number of nitrogens with zero attached hydrogens (tertiary/aromatic N) is 1. The lowest BCUT2D eigenvalue weighted by Gasteiger charge is -2.34. The number of carbonyl (C=O) groups is 1. The standard InChI is InChI=1S/C15H22N2O2/c1-12(19)16-10-13-6-8-17(9-7-13)15-5-3-2-4-14(15)11-18/h2-5,13,18H,6-11H2,1H3,(H,16,19). The zero-order chi connectivity index (χ0) is 13.7. The molecular weight excluding hydrogens is 240 g/mol. The highest BCUT2D eigenvalue weighted by atomic mass is 16.3. The highest BCUT2D eigenvalue weighted by Gasteiger charge is 2.20. The highest BCUT2D eigenvalue weighted by Crippen LogP contribution is 2.26. The number of para-hydroxylation sites is 1. The van der Waals surface area contributed by atoms with Crippen molar-refractivity contribution in [2.24, 2.45) is 5.92 Å². The molecule has 4 nitrogen and oxygen atoms in total. The Hall–Kier alpha value is -1.55. The van der Waals surface area contributed by atoms with Crippen LogP contribution in [0.3, 0.4) is 0 Å². The van der Waals surface area contributed by atoms with E-state index in [0.29, 0.717) is 5.92 Å². The molecule has 1 heterocycles. The van der Waals surface area contributed by atoms with Crippen molar-refractivity contribution < 1.29 is 9.90 Å². The molecule has 0 aromatic heterocycles. The maximum atomic E-state index is 10.9. The van der Waals surface area contributed by atoms with E-state index in [2.05, 4.69) is 16.3 Å². The Morgan fingerprint density at radius 2 is 2.05 bits per heavy atom. The summed E-state index contributed by atoms with van der Waals surface area (Å²) in [5.74, 6) is 0.620. The first kappa shape index (κ1) is 13.9. The van der Waals surface area contributed by atoms with E-state index >= 15 is 0 Å². The summed E-state index contributed by atoms with van der Waals surface area (Å²) >= 11 is 0. The van der Waals surface area contributed by atoms with E-state index < -0.39 is 0 Å². The fraction of sp³-hybridized carbons (Fsp3) is 0.533. The molecule has 2 N–H and O–H groups in total. The highest BCUT2D eigenvalue weighted by molar-refractivity contribution is 5.72. The smallest absolute Gasteiger partial charge is 0.216 e. The lowest BCUT2D eigenvalue weighted by molar-refractivity contribution is -0.119. The first-order valence-electron chi connectivity index (χ1n) is 6.89. The van der Waals surface area contributed by atoms with Crippen LogP contribution in [0.1, 0.15) is 25.3 Å². The van der Waals surface area contributed by atoms with Crippen molar-refractivity contribution in [3.63, 3.8) is 0 Å². The molecule has 0 radical (unpaired) electrons. The van der Waals surface area contributed by atoms with E-state index in [0.717, 1.165) is 43.7 Å². The molecule has 4 heteroatoms. The van der Waals surface area contributed by atoms with Gasteiger partial charge in [-0.1, -0.05) is 18.2 Å². The number of rotatable bonds is 4. The summed E-state index contributed by atoms with van der Waals surface area (Å²) in [7, 11) is 0. The third-order valence-corrected chi connectivity index (χ3v) is 3.76. The van der Waals surface area contributed by atoms with E-state index in [4.69, 9.17) is 0 Å². The Balaban J connectivity index is 1.90. The zero-order valence-electron chi connectivity index (χ0n) is 11.4. The summed E-state index contributed by atoms with van der Waals surface area (Å²) in [6, 6.07) is 8.01. The van der Waals surface area contributed by atoms with Crippen LogP contribution in [-0.2, 0) is 11.4 Å². The topological polar surface area (TPSA) is 52.6 Å². The Morgan fingerprint density at radius 1 is 1.37 bits per heavy atom. The Kier molecular flexibility index (Phi) is 4.80. The molecule has 1 aliphatic heterocycles. The minimum atomic E-state index is 0.0491. The Bertz CT molecular complexity index is 426. The molecule has 19 heavy (non-hydrogen) atoms. The molecule has 1 aromatic rings. The van der Waals surface area contributed by atoms with Crippen LogP contribution in [0.25, 0.3) is 0 Å². The molecule has 1 aromatic carbocycles. The summed E-state index contributed by atoms with van der Waals surface area (Å²) in [4.78, 5) is 13.2. The molecule has 1 amide bonds. The first-order chi connectivity index (χ1) is 9.20. The van der Waals surface area contributed by atoms with Gasteiger partial charge in [-0.15, -0.1) is 0 Å². The molecule has 1 aliphatic rings. The molecule has 0 unspecified atom stereocenters. The van der Waals surface area contributed by atoms with Gasteiger partial charge in [-0.2, -0.15) is 0 Å². The van der Waals surface area contributed by atoms with Gasteiger partial charge in [-0.05, 0) is 24.8 Å². The van der Waals surface area contributed by atoms with Gasteiger partial charge in [0, 0.05) is 37.8 Å². The van der Waals surface area contributed by atoms with E-state index in [1.165, 1.54) is 0 Å². The average Bonchev–Trinajstić information content (AvgIpc) is 2.45. The minimum absolute atomic E-state index is 0.0491. The number of aliphatic hydroxyl groups is 1. The maximum absolute atomic E-state index is 10.9.